The van der Waals surface area contributed by atoms with E-state index in [1.807, 2.05) is 36.4 Å². The maximum absolute atomic E-state index is 5.39. The van der Waals surface area contributed by atoms with Gasteiger partial charge in [0, 0.05) is 26.6 Å². The summed E-state index contributed by atoms with van der Waals surface area (Å²) in [4.78, 5) is 12.3. The molecule has 0 bridgehead atoms. The lowest BCUT2D eigenvalue weighted by Crippen LogP contribution is -2.38. The van der Waals surface area contributed by atoms with Crippen LogP contribution in [-0.2, 0) is 12.8 Å². The summed E-state index contributed by atoms with van der Waals surface area (Å²) in [6.07, 6.45) is 2.76. The summed E-state index contributed by atoms with van der Waals surface area (Å²) in [5.74, 6) is 2.76. The van der Waals surface area contributed by atoms with E-state index in [1.54, 1.807) is 14.2 Å². The molecule has 0 saturated carbocycles. The van der Waals surface area contributed by atoms with Crippen molar-refractivity contribution in [1.82, 2.24) is 20.6 Å². The zero-order chi connectivity index (χ0) is 18.9. The largest absolute Gasteiger partial charge is 0.496 e. The molecule has 2 aromatic carbocycles. The summed E-state index contributed by atoms with van der Waals surface area (Å²) in [5.41, 5.74) is 3.30. The van der Waals surface area contributed by atoms with Crippen molar-refractivity contribution in [2.24, 2.45) is 4.99 Å². The van der Waals surface area contributed by atoms with Gasteiger partial charge in [0.05, 0.1) is 18.1 Å². The highest BCUT2D eigenvalue weighted by Gasteiger charge is 2.04. The van der Waals surface area contributed by atoms with Gasteiger partial charge < -0.3 is 20.4 Å². The molecule has 0 amide bonds. The molecule has 0 aliphatic heterocycles. The summed E-state index contributed by atoms with van der Waals surface area (Å²) >= 11 is 0. The molecule has 6 heteroatoms. The molecule has 1 aromatic heterocycles. The quantitative estimate of drug-likeness (QED) is 0.326. The number of benzene rings is 2. The van der Waals surface area contributed by atoms with Crippen molar-refractivity contribution < 1.29 is 4.74 Å². The highest BCUT2D eigenvalue weighted by Crippen LogP contribution is 2.17. The van der Waals surface area contributed by atoms with E-state index >= 15 is 0 Å². The van der Waals surface area contributed by atoms with Gasteiger partial charge in [-0.3, -0.25) is 4.99 Å². The van der Waals surface area contributed by atoms with Gasteiger partial charge in [-0.1, -0.05) is 30.3 Å². The monoisotopic (exact) mass is 365 g/mol. The number of aromatic amines is 1. The van der Waals surface area contributed by atoms with Gasteiger partial charge in [-0.25, -0.2) is 4.98 Å². The standard InChI is InChI=1S/C21H27N5O/c1-22-21(24-15-13-16-8-3-6-11-19(16)27-2)23-14-7-12-20-25-17-9-4-5-10-18(17)26-20/h3-6,8-11H,7,12-15H2,1-2H3,(H,25,26)(H2,22,23,24). The molecule has 1 heterocycles. The van der Waals surface area contributed by atoms with Crippen LogP contribution >= 0.6 is 0 Å². The van der Waals surface area contributed by atoms with Crippen LogP contribution in [0.3, 0.4) is 0 Å². The molecule has 0 aliphatic carbocycles. The van der Waals surface area contributed by atoms with E-state index in [1.165, 1.54) is 5.56 Å². The number of aliphatic imine (C=N–C) groups is 1. The first-order valence-corrected chi connectivity index (χ1v) is 9.30. The number of ether oxygens (including phenoxy) is 1. The fraction of sp³-hybridized carbons (Fsp3) is 0.333. The predicted molar refractivity (Wildman–Crippen MR) is 110 cm³/mol. The summed E-state index contributed by atoms with van der Waals surface area (Å²) in [7, 11) is 3.49. The van der Waals surface area contributed by atoms with Crippen LogP contribution in [0, 0.1) is 0 Å². The number of hydrogen-bond donors (Lipinski definition) is 3. The van der Waals surface area contributed by atoms with E-state index in [-0.39, 0.29) is 0 Å². The van der Waals surface area contributed by atoms with E-state index in [2.05, 4.69) is 37.7 Å². The summed E-state index contributed by atoms with van der Waals surface area (Å²) < 4.78 is 5.39. The Kier molecular flexibility index (Phi) is 6.68. The molecular weight excluding hydrogens is 338 g/mol. The molecule has 3 rings (SSSR count). The topological polar surface area (TPSA) is 74.3 Å². The Balaban J connectivity index is 1.39. The molecule has 0 atom stereocenters. The minimum absolute atomic E-state index is 0.795. The number of rotatable bonds is 8. The Labute approximate surface area is 160 Å². The van der Waals surface area contributed by atoms with Crippen molar-refractivity contribution in [3.63, 3.8) is 0 Å². The van der Waals surface area contributed by atoms with Crippen LogP contribution in [0.4, 0.5) is 0 Å². The van der Waals surface area contributed by atoms with Gasteiger partial charge in [0.2, 0.25) is 0 Å². The Hall–Kier alpha value is -3.02. The number of fused-ring (bicyclic) bond motifs is 1. The van der Waals surface area contributed by atoms with Crippen molar-refractivity contribution in [2.45, 2.75) is 19.3 Å². The molecule has 0 unspecified atom stereocenters. The molecule has 6 nitrogen and oxygen atoms in total. The average Bonchev–Trinajstić information content (AvgIpc) is 3.13. The second-order valence-corrected chi connectivity index (χ2v) is 6.29. The van der Waals surface area contributed by atoms with Gasteiger partial charge in [0.1, 0.15) is 11.6 Å². The Morgan fingerprint density at radius 1 is 1.04 bits per heavy atom. The van der Waals surface area contributed by atoms with Crippen molar-refractivity contribution in [2.75, 3.05) is 27.2 Å². The van der Waals surface area contributed by atoms with Crippen molar-refractivity contribution in [3.8, 4) is 5.75 Å². The molecule has 3 N–H and O–H groups in total. The van der Waals surface area contributed by atoms with E-state index in [0.29, 0.717) is 0 Å². The number of aromatic nitrogens is 2. The minimum Gasteiger partial charge on any atom is -0.496 e. The highest BCUT2D eigenvalue weighted by molar-refractivity contribution is 5.79. The van der Waals surface area contributed by atoms with Crippen LogP contribution in [0.1, 0.15) is 17.8 Å². The van der Waals surface area contributed by atoms with E-state index < -0.39 is 0 Å². The molecular formula is C21H27N5O. The smallest absolute Gasteiger partial charge is 0.190 e. The average molecular weight is 365 g/mol. The minimum atomic E-state index is 0.795. The first-order chi connectivity index (χ1) is 13.3. The lowest BCUT2D eigenvalue weighted by Gasteiger charge is -2.13. The number of imidazole rings is 1. The number of H-pyrrole nitrogens is 1. The van der Waals surface area contributed by atoms with Crippen LogP contribution in [0.5, 0.6) is 5.75 Å². The number of para-hydroxylation sites is 3. The van der Waals surface area contributed by atoms with Crippen LogP contribution in [-0.4, -0.2) is 43.2 Å². The SMILES string of the molecule is CN=C(NCCCc1nc2ccccc2[nH]1)NCCc1ccccc1OC. The van der Waals surface area contributed by atoms with Gasteiger partial charge >= 0.3 is 0 Å². The number of guanidine groups is 1. The normalized spacial score (nSPS) is 11.6. The van der Waals surface area contributed by atoms with E-state index in [4.69, 9.17) is 4.74 Å². The van der Waals surface area contributed by atoms with Crippen molar-refractivity contribution in [1.29, 1.82) is 0 Å². The fourth-order valence-electron chi connectivity index (χ4n) is 3.03. The predicted octanol–water partition coefficient (Wildman–Crippen LogP) is 2.91. The van der Waals surface area contributed by atoms with Crippen molar-refractivity contribution >= 4 is 17.0 Å². The number of nitrogens with zero attached hydrogens (tertiary/aromatic N) is 2. The molecule has 0 radical (unpaired) electrons. The van der Waals surface area contributed by atoms with Crippen molar-refractivity contribution in [3.05, 3.63) is 59.9 Å². The van der Waals surface area contributed by atoms with Gasteiger partial charge in [-0.2, -0.15) is 0 Å². The zero-order valence-corrected chi connectivity index (χ0v) is 16.0. The number of hydrogen-bond acceptors (Lipinski definition) is 3. The third-order valence-corrected chi connectivity index (χ3v) is 4.42. The number of methoxy groups -OCH3 is 1. The summed E-state index contributed by atoms with van der Waals surface area (Å²) in [6, 6.07) is 16.2. The molecule has 27 heavy (non-hydrogen) atoms. The fourth-order valence-corrected chi connectivity index (χ4v) is 3.03. The first-order valence-electron chi connectivity index (χ1n) is 9.30. The molecule has 0 fully saturated rings. The molecule has 3 aromatic rings. The van der Waals surface area contributed by atoms with Gasteiger partial charge in [-0.05, 0) is 36.6 Å². The molecule has 142 valence electrons. The Morgan fingerprint density at radius 3 is 2.63 bits per heavy atom. The Morgan fingerprint density at radius 2 is 1.81 bits per heavy atom. The summed E-state index contributed by atoms with van der Waals surface area (Å²) in [5, 5.41) is 6.70. The van der Waals surface area contributed by atoms with E-state index in [0.717, 1.165) is 60.9 Å². The van der Waals surface area contributed by atoms with Gasteiger partial charge in [0.25, 0.3) is 0 Å². The van der Waals surface area contributed by atoms with Crippen LogP contribution in [0.2, 0.25) is 0 Å². The van der Waals surface area contributed by atoms with Gasteiger partial charge in [-0.15, -0.1) is 0 Å². The van der Waals surface area contributed by atoms with Crippen LogP contribution in [0.25, 0.3) is 11.0 Å². The summed E-state index contributed by atoms with van der Waals surface area (Å²) in [6.45, 7) is 1.63. The third kappa shape index (κ3) is 5.23. The highest BCUT2D eigenvalue weighted by atomic mass is 16.5. The number of aryl methyl sites for hydroxylation is 1. The van der Waals surface area contributed by atoms with E-state index in [9.17, 15) is 0 Å². The lowest BCUT2D eigenvalue weighted by molar-refractivity contribution is 0.409. The van der Waals surface area contributed by atoms with Crippen LogP contribution in [0.15, 0.2) is 53.5 Å². The van der Waals surface area contributed by atoms with Crippen LogP contribution < -0.4 is 15.4 Å². The second-order valence-electron chi connectivity index (χ2n) is 6.29. The molecule has 0 aliphatic rings. The third-order valence-electron chi connectivity index (χ3n) is 4.42. The number of nitrogens with one attached hydrogen (secondary N) is 3. The molecule has 0 spiro atoms. The van der Waals surface area contributed by atoms with Gasteiger partial charge in [0.15, 0.2) is 5.96 Å². The lowest BCUT2D eigenvalue weighted by atomic mass is 10.1. The maximum Gasteiger partial charge on any atom is 0.190 e. The first kappa shape index (κ1) is 18.8. The maximum atomic E-state index is 5.39. The second kappa shape index (κ2) is 9.62. The molecule has 0 saturated heterocycles. The zero-order valence-electron chi connectivity index (χ0n) is 16.0. The Bertz CT molecular complexity index is 854.